The molecule has 33 heavy (non-hydrogen) atoms. The Kier molecular flexibility index (Phi) is 9.80. The molecule has 0 aromatic carbocycles. The van der Waals surface area contributed by atoms with Gasteiger partial charge in [0.15, 0.2) is 0 Å². The van der Waals surface area contributed by atoms with Gasteiger partial charge in [0.2, 0.25) is 0 Å². The summed E-state index contributed by atoms with van der Waals surface area (Å²) in [6.45, 7) is 16.7. The van der Waals surface area contributed by atoms with E-state index in [1.807, 2.05) is 0 Å². The Morgan fingerprint density at radius 3 is 2.70 bits per heavy atom. The maximum atomic E-state index is 4.76. The molecule has 176 valence electrons. The molecule has 3 heteroatoms. The Labute approximate surface area is 201 Å². The van der Waals surface area contributed by atoms with Gasteiger partial charge in [-0.05, 0) is 92.8 Å². The number of pyridine rings is 1. The van der Waals surface area contributed by atoms with Crippen LogP contribution in [0.25, 0.3) is 0 Å². The molecule has 0 saturated heterocycles. The van der Waals surface area contributed by atoms with Crippen molar-refractivity contribution in [1.29, 1.82) is 0 Å². The molecular weight excluding hydrogens is 402 g/mol. The minimum atomic E-state index is 0.883. The molecule has 0 radical (unpaired) electrons. The molecule has 0 fully saturated rings. The maximum absolute atomic E-state index is 4.76. The minimum Gasteiger partial charge on any atom is -0.373 e. The highest BCUT2D eigenvalue weighted by Crippen LogP contribution is 2.28. The van der Waals surface area contributed by atoms with E-state index in [4.69, 9.17) is 4.98 Å². The van der Waals surface area contributed by atoms with Crippen LogP contribution < -0.4 is 0 Å². The van der Waals surface area contributed by atoms with Crippen LogP contribution in [0.2, 0.25) is 0 Å². The Morgan fingerprint density at radius 1 is 1.12 bits per heavy atom. The van der Waals surface area contributed by atoms with E-state index in [1.165, 1.54) is 47.2 Å². The average molecular weight is 444 g/mol. The summed E-state index contributed by atoms with van der Waals surface area (Å²) < 4.78 is 0. The van der Waals surface area contributed by atoms with E-state index in [2.05, 4.69) is 91.7 Å². The molecule has 2 aliphatic rings. The van der Waals surface area contributed by atoms with Gasteiger partial charge in [-0.25, -0.2) is 0 Å². The molecule has 0 spiro atoms. The molecule has 3 nitrogen and oxygen atoms in total. The Morgan fingerprint density at radius 2 is 1.97 bits per heavy atom. The van der Waals surface area contributed by atoms with Crippen molar-refractivity contribution >= 4 is 0 Å². The number of rotatable bonds is 12. The van der Waals surface area contributed by atoms with Crippen molar-refractivity contribution in [2.75, 3.05) is 19.6 Å². The summed E-state index contributed by atoms with van der Waals surface area (Å²) in [6, 6.07) is 6.37. The number of nitrogens with zero attached hydrogens (tertiary/aromatic N) is 3. The highest BCUT2D eigenvalue weighted by Gasteiger charge is 2.14. The fourth-order valence-corrected chi connectivity index (χ4v) is 4.45. The Bertz CT molecular complexity index is 932. The maximum Gasteiger partial charge on any atom is 0.0600 e. The second kappa shape index (κ2) is 13.0. The van der Waals surface area contributed by atoms with Crippen LogP contribution in [0.5, 0.6) is 0 Å². The zero-order valence-electron chi connectivity index (χ0n) is 20.7. The van der Waals surface area contributed by atoms with Crippen LogP contribution in [-0.2, 0) is 13.0 Å². The molecule has 0 N–H and O–H groups in total. The molecule has 1 aromatic rings. The van der Waals surface area contributed by atoms with Crippen LogP contribution in [0.4, 0.5) is 0 Å². The first-order chi connectivity index (χ1) is 16.1. The van der Waals surface area contributed by atoms with Gasteiger partial charge in [-0.3, -0.25) is 4.98 Å². The first-order valence-corrected chi connectivity index (χ1v) is 12.6. The molecule has 3 rings (SSSR count). The van der Waals surface area contributed by atoms with Gasteiger partial charge in [-0.1, -0.05) is 56.4 Å². The third kappa shape index (κ3) is 8.24. The normalized spacial score (nSPS) is 16.4. The SMILES string of the molecule is C=C1C=CN(CC2=CC=C(CCCCCN(C=CC)Cc3cccc(CC)n3)C(=C)C2)CC1. The second-order valence-electron chi connectivity index (χ2n) is 9.23. The average Bonchev–Trinajstić information content (AvgIpc) is 2.82. The van der Waals surface area contributed by atoms with Crippen molar-refractivity contribution in [3.8, 4) is 0 Å². The van der Waals surface area contributed by atoms with E-state index in [0.29, 0.717) is 0 Å². The Hall–Kier alpha value is -2.81. The van der Waals surface area contributed by atoms with Crippen LogP contribution >= 0.6 is 0 Å². The molecule has 0 saturated carbocycles. The van der Waals surface area contributed by atoms with Gasteiger partial charge >= 0.3 is 0 Å². The predicted octanol–water partition coefficient (Wildman–Crippen LogP) is 7.13. The third-order valence-corrected chi connectivity index (χ3v) is 6.41. The molecular formula is C30H41N3. The number of aromatic nitrogens is 1. The van der Waals surface area contributed by atoms with Gasteiger partial charge in [0.1, 0.15) is 0 Å². The summed E-state index contributed by atoms with van der Waals surface area (Å²) in [5.74, 6) is 0. The van der Waals surface area contributed by atoms with Gasteiger partial charge in [-0.15, -0.1) is 0 Å². The van der Waals surface area contributed by atoms with Crippen LogP contribution in [0.3, 0.4) is 0 Å². The van der Waals surface area contributed by atoms with Crippen molar-refractivity contribution in [1.82, 2.24) is 14.8 Å². The van der Waals surface area contributed by atoms with Crippen molar-refractivity contribution in [3.63, 3.8) is 0 Å². The second-order valence-corrected chi connectivity index (χ2v) is 9.23. The van der Waals surface area contributed by atoms with Crippen LogP contribution in [0.15, 0.2) is 90.4 Å². The van der Waals surface area contributed by atoms with E-state index in [0.717, 1.165) is 57.6 Å². The fraction of sp³-hybridized carbons (Fsp3) is 0.433. The summed E-state index contributed by atoms with van der Waals surface area (Å²) in [5.41, 5.74) is 7.76. The minimum absolute atomic E-state index is 0.883. The van der Waals surface area contributed by atoms with Crippen LogP contribution in [0.1, 0.15) is 63.8 Å². The van der Waals surface area contributed by atoms with Gasteiger partial charge < -0.3 is 9.80 Å². The largest absolute Gasteiger partial charge is 0.373 e. The number of hydrogen-bond acceptors (Lipinski definition) is 3. The highest BCUT2D eigenvalue weighted by molar-refractivity contribution is 5.41. The third-order valence-electron chi connectivity index (χ3n) is 6.41. The molecule has 1 aliphatic carbocycles. The molecule has 0 amide bonds. The van der Waals surface area contributed by atoms with Gasteiger partial charge in [0.25, 0.3) is 0 Å². The van der Waals surface area contributed by atoms with Gasteiger partial charge in [0, 0.05) is 25.3 Å². The number of hydrogen-bond donors (Lipinski definition) is 0. The first-order valence-electron chi connectivity index (χ1n) is 12.6. The lowest BCUT2D eigenvalue weighted by atomic mass is 9.90. The van der Waals surface area contributed by atoms with Gasteiger partial charge in [-0.2, -0.15) is 0 Å². The summed E-state index contributed by atoms with van der Waals surface area (Å²) in [5, 5.41) is 0. The van der Waals surface area contributed by atoms with E-state index in [1.54, 1.807) is 0 Å². The topological polar surface area (TPSA) is 19.4 Å². The fourth-order valence-electron chi connectivity index (χ4n) is 4.45. The predicted molar refractivity (Wildman–Crippen MR) is 142 cm³/mol. The summed E-state index contributed by atoms with van der Waals surface area (Å²) in [7, 11) is 0. The number of aryl methyl sites for hydroxylation is 1. The van der Waals surface area contributed by atoms with E-state index in [9.17, 15) is 0 Å². The molecule has 1 aliphatic heterocycles. The van der Waals surface area contributed by atoms with Crippen molar-refractivity contribution < 1.29 is 0 Å². The highest BCUT2D eigenvalue weighted by atomic mass is 15.1. The molecule has 2 heterocycles. The lowest BCUT2D eigenvalue weighted by molar-refractivity contribution is 0.351. The molecule has 0 unspecified atom stereocenters. The zero-order valence-corrected chi connectivity index (χ0v) is 20.7. The smallest absolute Gasteiger partial charge is 0.0600 e. The number of allylic oxidation sites excluding steroid dienone is 6. The lowest BCUT2D eigenvalue weighted by Gasteiger charge is -2.27. The van der Waals surface area contributed by atoms with Crippen molar-refractivity contribution in [2.45, 2.75) is 65.3 Å². The van der Waals surface area contributed by atoms with Crippen LogP contribution in [0, 0.1) is 0 Å². The van der Waals surface area contributed by atoms with Gasteiger partial charge in [0.05, 0.1) is 12.2 Å². The zero-order chi connectivity index (χ0) is 23.5. The molecule has 1 aromatic heterocycles. The van der Waals surface area contributed by atoms with Crippen molar-refractivity contribution in [3.05, 3.63) is 102 Å². The van der Waals surface area contributed by atoms with E-state index >= 15 is 0 Å². The molecule has 0 atom stereocenters. The lowest BCUT2D eigenvalue weighted by Crippen LogP contribution is -2.24. The summed E-state index contributed by atoms with van der Waals surface area (Å²) in [6.07, 6.45) is 21.1. The van der Waals surface area contributed by atoms with Crippen molar-refractivity contribution in [2.24, 2.45) is 0 Å². The van der Waals surface area contributed by atoms with E-state index in [-0.39, 0.29) is 0 Å². The van der Waals surface area contributed by atoms with E-state index < -0.39 is 0 Å². The monoisotopic (exact) mass is 443 g/mol. The van der Waals surface area contributed by atoms with Crippen LogP contribution in [-0.4, -0.2) is 34.4 Å². The standard InChI is InChI=1S/C30H41N3/c1-5-18-32(24-30-13-10-12-29(6-2)31-30)19-9-7-8-11-28-15-14-27(22-26(28)4)23-33-20-16-25(3)17-21-33/h5,10,12-16,18,20H,3-4,6-9,11,17,19,21-24H2,1-2H3. The quantitative estimate of drug-likeness (QED) is 0.320. The number of unbranched alkanes of at least 4 members (excludes halogenated alkanes) is 2. The summed E-state index contributed by atoms with van der Waals surface area (Å²) >= 11 is 0. The Balaban J connectivity index is 1.40. The molecule has 0 bridgehead atoms. The summed E-state index contributed by atoms with van der Waals surface area (Å²) in [4.78, 5) is 9.54. The first kappa shape index (κ1) is 24.8.